The maximum absolute atomic E-state index is 7.49. The van der Waals surface area contributed by atoms with Crippen molar-refractivity contribution in [2.45, 2.75) is 45.6 Å². The first-order valence-electron chi connectivity index (χ1n) is 6.85. The summed E-state index contributed by atoms with van der Waals surface area (Å²) in [6.45, 7) is 5.38. The van der Waals surface area contributed by atoms with E-state index in [9.17, 15) is 0 Å². The highest BCUT2D eigenvalue weighted by Crippen LogP contribution is 2.30. The van der Waals surface area contributed by atoms with Gasteiger partial charge in [-0.05, 0) is 50.5 Å². The van der Waals surface area contributed by atoms with Crippen molar-refractivity contribution in [3.8, 4) is 0 Å². The Labute approximate surface area is 109 Å². The van der Waals surface area contributed by atoms with Gasteiger partial charge in [0, 0.05) is 23.8 Å². The van der Waals surface area contributed by atoms with Crippen LogP contribution in [-0.2, 0) is 0 Å². The van der Waals surface area contributed by atoms with E-state index in [1.807, 2.05) is 12.1 Å². The maximum Gasteiger partial charge on any atom is 0.122 e. The van der Waals surface area contributed by atoms with Crippen molar-refractivity contribution in [3.05, 3.63) is 29.3 Å². The monoisotopic (exact) mass is 245 g/mol. The summed E-state index contributed by atoms with van der Waals surface area (Å²) in [7, 11) is 0. The molecular formula is C15H23N3. The van der Waals surface area contributed by atoms with Gasteiger partial charge in [0.2, 0.25) is 0 Å². The predicted molar refractivity (Wildman–Crippen MR) is 77.5 cm³/mol. The number of hydrogen-bond acceptors (Lipinski definition) is 2. The zero-order valence-corrected chi connectivity index (χ0v) is 11.4. The third-order valence-corrected chi connectivity index (χ3v) is 3.92. The largest absolute Gasteiger partial charge is 0.384 e. The summed E-state index contributed by atoms with van der Waals surface area (Å²) >= 11 is 0. The Balaban J connectivity index is 2.27. The summed E-state index contributed by atoms with van der Waals surface area (Å²) in [6, 6.07) is 6.79. The fourth-order valence-corrected chi connectivity index (χ4v) is 2.99. The van der Waals surface area contributed by atoms with E-state index in [4.69, 9.17) is 11.1 Å². The lowest BCUT2D eigenvalue weighted by Crippen LogP contribution is -2.33. The van der Waals surface area contributed by atoms with E-state index in [0.717, 1.165) is 12.1 Å². The van der Waals surface area contributed by atoms with Crippen LogP contribution in [0.2, 0.25) is 0 Å². The van der Waals surface area contributed by atoms with Gasteiger partial charge in [0.15, 0.2) is 0 Å². The summed E-state index contributed by atoms with van der Waals surface area (Å²) in [4.78, 5) is 2.51. The first kappa shape index (κ1) is 12.9. The number of nitrogens with two attached hydrogens (primary N) is 1. The summed E-state index contributed by atoms with van der Waals surface area (Å²) in [5.74, 6) is 0.147. The molecule has 3 heteroatoms. The lowest BCUT2D eigenvalue weighted by Gasteiger charge is -2.31. The van der Waals surface area contributed by atoms with Gasteiger partial charge in [-0.3, -0.25) is 5.41 Å². The standard InChI is InChI=1S/C15H23N3/c1-3-18(13-6-4-5-7-13)14-9-8-12(15(16)17)10-11(14)2/h8-10,13H,3-7H2,1-2H3,(H3,16,17). The van der Waals surface area contributed by atoms with Crippen LogP contribution in [0.4, 0.5) is 5.69 Å². The molecule has 0 spiro atoms. The summed E-state index contributed by atoms with van der Waals surface area (Å²) in [5, 5.41) is 7.49. The third-order valence-electron chi connectivity index (χ3n) is 3.92. The number of aryl methyl sites for hydroxylation is 1. The SMILES string of the molecule is CCN(c1ccc(C(=N)N)cc1C)C1CCCC1. The van der Waals surface area contributed by atoms with Crippen molar-refractivity contribution in [1.29, 1.82) is 5.41 Å². The zero-order valence-electron chi connectivity index (χ0n) is 11.4. The van der Waals surface area contributed by atoms with E-state index in [1.54, 1.807) is 0 Å². The van der Waals surface area contributed by atoms with E-state index < -0.39 is 0 Å². The number of benzene rings is 1. The van der Waals surface area contributed by atoms with Crippen LogP contribution in [0.15, 0.2) is 18.2 Å². The predicted octanol–water partition coefficient (Wildman–Crippen LogP) is 3.05. The van der Waals surface area contributed by atoms with Crippen LogP contribution in [-0.4, -0.2) is 18.4 Å². The molecule has 0 heterocycles. The summed E-state index contributed by atoms with van der Waals surface area (Å²) in [5.41, 5.74) is 8.87. The van der Waals surface area contributed by atoms with Gasteiger partial charge < -0.3 is 10.6 Å². The molecule has 1 saturated carbocycles. The molecule has 98 valence electrons. The molecule has 3 nitrogen and oxygen atoms in total. The number of nitrogen functional groups attached to an aromatic ring is 1. The van der Waals surface area contributed by atoms with Crippen LogP contribution in [0.1, 0.15) is 43.7 Å². The second-order valence-electron chi connectivity index (χ2n) is 5.14. The van der Waals surface area contributed by atoms with Gasteiger partial charge in [0.05, 0.1) is 0 Å². The second-order valence-corrected chi connectivity index (χ2v) is 5.14. The Bertz CT molecular complexity index is 433. The van der Waals surface area contributed by atoms with Gasteiger partial charge in [0.1, 0.15) is 5.84 Å². The molecule has 0 aliphatic heterocycles. The molecule has 0 unspecified atom stereocenters. The third kappa shape index (κ3) is 2.50. The van der Waals surface area contributed by atoms with Crippen LogP contribution in [0.5, 0.6) is 0 Å². The van der Waals surface area contributed by atoms with Crippen LogP contribution in [0.25, 0.3) is 0 Å². The van der Waals surface area contributed by atoms with Gasteiger partial charge in [-0.15, -0.1) is 0 Å². The molecular weight excluding hydrogens is 222 g/mol. The second kappa shape index (κ2) is 5.42. The van der Waals surface area contributed by atoms with Crippen molar-refractivity contribution in [1.82, 2.24) is 0 Å². The van der Waals surface area contributed by atoms with Crippen LogP contribution >= 0.6 is 0 Å². The number of rotatable bonds is 4. The van der Waals surface area contributed by atoms with E-state index in [-0.39, 0.29) is 5.84 Å². The smallest absolute Gasteiger partial charge is 0.122 e. The van der Waals surface area contributed by atoms with Crippen LogP contribution < -0.4 is 10.6 Å². The maximum atomic E-state index is 7.49. The van der Waals surface area contributed by atoms with Crippen LogP contribution in [0, 0.1) is 12.3 Å². The molecule has 0 aromatic heterocycles. The molecule has 1 aromatic rings. The van der Waals surface area contributed by atoms with Gasteiger partial charge in [-0.1, -0.05) is 12.8 Å². The Morgan fingerprint density at radius 2 is 2.06 bits per heavy atom. The first-order chi connectivity index (χ1) is 8.63. The quantitative estimate of drug-likeness (QED) is 0.633. The van der Waals surface area contributed by atoms with E-state index in [1.165, 1.54) is 36.9 Å². The van der Waals surface area contributed by atoms with Crippen molar-refractivity contribution < 1.29 is 0 Å². The summed E-state index contributed by atoms with van der Waals surface area (Å²) < 4.78 is 0. The molecule has 0 amide bonds. The van der Waals surface area contributed by atoms with Gasteiger partial charge in [0.25, 0.3) is 0 Å². The fourth-order valence-electron chi connectivity index (χ4n) is 2.99. The number of anilines is 1. The molecule has 18 heavy (non-hydrogen) atoms. The minimum atomic E-state index is 0.147. The lowest BCUT2D eigenvalue weighted by atomic mass is 10.1. The van der Waals surface area contributed by atoms with Gasteiger partial charge in [-0.2, -0.15) is 0 Å². The average Bonchev–Trinajstić information content (AvgIpc) is 2.85. The summed E-state index contributed by atoms with van der Waals surface area (Å²) in [6.07, 6.45) is 5.32. The number of hydrogen-bond donors (Lipinski definition) is 2. The van der Waals surface area contributed by atoms with Gasteiger partial charge in [-0.25, -0.2) is 0 Å². The molecule has 2 rings (SSSR count). The Hall–Kier alpha value is -1.51. The lowest BCUT2D eigenvalue weighted by molar-refractivity contribution is 0.618. The van der Waals surface area contributed by atoms with Crippen molar-refractivity contribution in [3.63, 3.8) is 0 Å². The number of amidine groups is 1. The Morgan fingerprint density at radius 3 is 2.56 bits per heavy atom. The molecule has 0 atom stereocenters. The highest BCUT2D eigenvalue weighted by Gasteiger charge is 2.22. The molecule has 0 bridgehead atoms. The molecule has 1 aromatic carbocycles. The molecule has 3 N–H and O–H groups in total. The highest BCUT2D eigenvalue weighted by atomic mass is 15.2. The normalized spacial score (nSPS) is 15.9. The molecule has 1 fully saturated rings. The van der Waals surface area contributed by atoms with Gasteiger partial charge >= 0.3 is 0 Å². The van der Waals surface area contributed by atoms with E-state index >= 15 is 0 Å². The highest BCUT2D eigenvalue weighted by molar-refractivity contribution is 5.95. The molecule has 0 saturated heterocycles. The Morgan fingerprint density at radius 1 is 1.39 bits per heavy atom. The van der Waals surface area contributed by atoms with Crippen molar-refractivity contribution in [2.24, 2.45) is 5.73 Å². The zero-order chi connectivity index (χ0) is 13.1. The average molecular weight is 245 g/mol. The van der Waals surface area contributed by atoms with E-state index in [0.29, 0.717) is 6.04 Å². The van der Waals surface area contributed by atoms with E-state index in [2.05, 4.69) is 24.8 Å². The van der Waals surface area contributed by atoms with Crippen LogP contribution in [0.3, 0.4) is 0 Å². The first-order valence-corrected chi connectivity index (χ1v) is 6.85. The molecule has 1 aliphatic carbocycles. The topological polar surface area (TPSA) is 53.1 Å². The van der Waals surface area contributed by atoms with Crippen molar-refractivity contribution in [2.75, 3.05) is 11.4 Å². The Kier molecular flexibility index (Phi) is 3.90. The molecule has 0 radical (unpaired) electrons. The minimum Gasteiger partial charge on any atom is -0.384 e. The molecule has 1 aliphatic rings. The minimum absolute atomic E-state index is 0.147. The fraction of sp³-hybridized carbons (Fsp3) is 0.533. The van der Waals surface area contributed by atoms with Crippen molar-refractivity contribution >= 4 is 11.5 Å². The number of nitrogens with one attached hydrogen (secondary N) is 1. The number of nitrogens with zero attached hydrogens (tertiary/aromatic N) is 1.